The Morgan fingerprint density at radius 2 is 1.88 bits per heavy atom. The predicted molar refractivity (Wildman–Crippen MR) is 114 cm³/mol. The van der Waals surface area contributed by atoms with Gasteiger partial charge >= 0.3 is 0 Å². The molecule has 2 aromatic carbocycles. The van der Waals surface area contributed by atoms with Crippen LogP contribution in [0.15, 0.2) is 41.8 Å². The number of rotatable bonds is 7. The van der Waals surface area contributed by atoms with Gasteiger partial charge in [0.1, 0.15) is 0 Å². The van der Waals surface area contributed by atoms with Crippen molar-refractivity contribution in [1.82, 2.24) is 9.88 Å². The van der Waals surface area contributed by atoms with Gasteiger partial charge in [0.25, 0.3) is 17.7 Å². The molecule has 0 bridgehead atoms. The molecular weight excluding hydrogens is 440 g/mol. The van der Waals surface area contributed by atoms with Gasteiger partial charge in [0.05, 0.1) is 16.8 Å². The van der Waals surface area contributed by atoms with Gasteiger partial charge in [-0.1, -0.05) is 0 Å². The molecule has 10 heteroatoms. The Labute approximate surface area is 185 Å². The van der Waals surface area contributed by atoms with Crippen molar-refractivity contribution in [2.75, 3.05) is 25.6 Å². The molecule has 164 valence electrons. The zero-order valence-corrected chi connectivity index (χ0v) is 17.7. The molecule has 2 heterocycles. The molecule has 1 aliphatic heterocycles. The molecule has 32 heavy (non-hydrogen) atoms. The molecule has 0 spiro atoms. The van der Waals surface area contributed by atoms with E-state index in [4.69, 9.17) is 4.74 Å². The predicted octanol–water partition coefficient (Wildman–Crippen LogP) is 3.97. The lowest BCUT2D eigenvalue weighted by Gasteiger charge is -2.12. The lowest BCUT2D eigenvalue weighted by atomic mass is 10.1. The molecule has 1 N–H and O–H groups in total. The van der Waals surface area contributed by atoms with Crippen molar-refractivity contribution in [3.8, 4) is 11.3 Å². The van der Waals surface area contributed by atoms with Gasteiger partial charge in [-0.15, -0.1) is 11.3 Å². The molecule has 0 radical (unpaired) electrons. The number of benzene rings is 2. The second-order valence-electron chi connectivity index (χ2n) is 6.99. The number of anilines is 1. The number of hydrogen-bond acceptors (Lipinski definition) is 6. The van der Waals surface area contributed by atoms with Crippen LogP contribution in [0.4, 0.5) is 13.9 Å². The van der Waals surface area contributed by atoms with Crippen LogP contribution in [0, 0.1) is 11.6 Å². The van der Waals surface area contributed by atoms with E-state index >= 15 is 0 Å². The van der Waals surface area contributed by atoms with E-state index in [1.54, 1.807) is 5.38 Å². The van der Waals surface area contributed by atoms with Crippen LogP contribution in [0.1, 0.15) is 37.5 Å². The first-order chi connectivity index (χ1) is 15.4. The van der Waals surface area contributed by atoms with E-state index in [-0.39, 0.29) is 28.4 Å². The number of amides is 3. The summed E-state index contributed by atoms with van der Waals surface area (Å²) in [5.41, 5.74) is 1.36. The molecule has 3 amide bonds. The summed E-state index contributed by atoms with van der Waals surface area (Å²) in [5, 5.41) is 4.47. The molecule has 0 aliphatic carbocycles. The van der Waals surface area contributed by atoms with Gasteiger partial charge in [0.15, 0.2) is 16.8 Å². The normalized spacial score (nSPS) is 12.9. The van der Waals surface area contributed by atoms with Crippen LogP contribution in [0.25, 0.3) is 11.3 Å². The van der Waals surface area contributed by atoms with Crippen LogP contribution in [0.2, 0.25) is 0 Å². The lowest BCUT2D eigenvalue weighted by Crippen LogP contribution is -2.31. The Balaban J connectivity index is 1.49. The highest BCUT2D eigenvalue weighted by atomic mass is 32.1. The second-order valence-corrected chi connectivity index (χ2v) is 7.85. The SMILES string of the molecule is COCCCN1C(=O)c2ccc(C(=O)Nc3nc(-c4ccc(F)c(F)c4)cs3)cc2C1=O. The zero-order chi connectivity index (χ0) is 22.8. The molecule has 1 aromatic heterocycles. The number of thiazole rings is 1. The molecule has 0 unspecified atom stereocenters. The lowest BCUT2D eigenvalue weighted by molar-refractivity contribution is 0.0638. The number of carbonyl (C=O) groups excluding carboxylic acids is 3. The first-order valence-electron chi connectivity index (χ1n) is 9.60. The first-order valence-corrected chi connectivity index (χ1v) is 10.5. The van der Waals surface area contributed by atoms with Crippen molar-refractivity contribution < 1.29 is 27.9 Å². The maximum Gasteiger partial charge on any atom is 0.261 e. The number of nitrogens with zero attached hydrogens (tertiary/aromatic N) is 2. The fraction of sp³-hybridized carbons (Fsp3) is 0.182. The second kappa shape index (κ2) is 8.93. The highest BCUT2D eigenvalue weighted by molar-refractivity contribution is 7.14. The van der Waals surface area contributed by atoms with Crippen LogP contribution >= 0.6 is 11.3 Å². The van der Waals surface area contributed by atoms with Gasteiger partial charge in [-0.3, -0.25) is 24.6 Å². The van der Waals surface area contributed by atoms with E-state index < -0.39 is 29.4 Å². The summed E-state index contributed by atoms with van der Waals surface area (Å²) in [7, 11) is 1.54. The molecule has 4 rings (SSSR count). The van der Waals surface area contributed by atoms with E-state index in [9.17, 15) is 23.2 Å². The van der Waals surface area contributed by atoms with E-state index in [1.807, 2.05) is 0 Å². The number of nitrogens with one attached hydrogen (secondary N) is 1. The number of carbonyl (C=O) groups is 3. The first kappa shape index (κ1) is 21.7. The maximum atomic E-state index is 13.5. The highest BCUT2D eigenvalue weighted by Crippen LogP contribution is 2.28. The fourth-order valence-corrected chi connectivity index (χ4v) is 4.01. The van der Waals surface area contributed by atoms with E-state index in [0.29, 0.717) is 24.3 Å². The summed E-state index contributed by atoms with van der Waals surface area (Å²) in [6, 6.07) is 7.71. The minimum Gasteiger partial charge on any atom is -0.385 e. The topological polar surface area (TPSA) is 88.6 Å². The molecule has 0 fully saturated rings. The Morgan fingerprint density at radius 3 is 2.62 bits per heavy atom. The van der Waals surface area contributed by atoms with E-state index in [2.05, 4.69) is 10.3 Å². The maximum absolute atomic E-state index is 13.5. The van der Waals surface area contributed by atoms with E-state index in [1.165, 1.54) is 31.4 Å². The molecule has 7 nitrogen and oxygen atoms in total. The van der Waals surface area contributed by atoms with Gasteiger partial charge in [-0.05, 0) is 42.8 Å². The van der Waals surface area contributed by atoms with Gasteiger partial charge in [-0.2, -0.15) is 0 Å². The van der Waals surface area contributed by atoms with Crippen LogP contribution in [0.5, 0.6) is 0 Å². The zero-order valence-electron chi connectivity index (χ0n) is 16.9. The number of fused-ring (bicyclic) bond motifs is 1. The Morgan fingerprint density at radius 1 is 1.09 bits per heavy atom. The molecular formula is C22H17F2N3O4S. The third kappa shape index (κ3) is 4.14. The standard InChI is InChI=1S/C22H17F2N3O4S/c1-31-8-2-7-27-20(29)14-5-3-13(9-15(14)21(27)30)19(28)26-22-25-18(11-32-22)12-4-6-16(23)17(24)10-12/h3-6,9-11H,2,7-8H2,1H3,(H,25,26,28). The molecule has 0 atom stereocenters. The van der Waals surface area contributed by atoms with Gasteiger partial charge in [0, 0.05) is 36.8 Å². The minimum absolute atomic E-state index is 0.168. The molecule has 3 aromatic rings. The molecule has 1 aliphatic rings. The van der Waals surface area contributed by atoms with Crippen molar-refractivity contribution in [2.24, 2.45) is 0 Å². The number of hydrogen-bond donors (Lipinski definition) is 1. The van der Waals surface area contributed by atoms with Crippen LogP contribution in [0.3, 0.4) is 0 Å². The van der Waals surface area contributed by atoms with Gasteiger partial charge < -0.3 is 4.74 Å². The number of halogens is 2. The molecule has 0 saturated heterocycles. The minimum atomic E-state index is -0.991. The monoisotopic (exact) mass is 457 g/mol. The average molecular weight is 457 g/mol. The smallest absolute Gasteiger partial charge is 0.261 e. The van der Waals surface area contributed by atoms with Gasteiger partial charge in [0.2, 0.25) is 0 Å². The summed E-state index contributed by atoms with van der Waals surface area (Å²) < 4.78 is 31.5. The van der Waals surface area contributed by atoms with E-state index in [0.717, 1.165) is 28.4 Å². The van der Waals surface area contributed by atoms with Gasteiger partial charge in [-0.25, -0.2) is 13.8 Å². The summed E-state index contributed by atoms with van der Waals surface area (Å²) in [6.07, 6.45) is 0.514. The highest BCUT2D eigenvalue weighted by Gasteiger charge is 2.35. The quantitative estimate of drug-likeness (QED) is 0.428. The number of aromatic nitrogens is 1. The summed E-state index contributed by atoms with van der Waals surface area (Å²) in [5.74, 6) is -3.32. The Kier molecular flexibility index (Phi) is 6.06. The average Bonchev–Trinajstić information content (AvgIpc) is 3.34. The van der Waals surface area contributed by atoms with Crippen molar-refractivity contribution in [3.63, 3.8) is 0 Å². The number of methoxy groups -OCH3 is 1. The van der Waals surface area contributed by atoms with Crippen LogP contribution in [-0.4, -0.2) is 47.9 Å². The Bertz CT molecular complexity index is 1230. The fourth-order valence-electron chi connectivity index (χ4n) is 3.29. The van der Waals surface area contributed by atoms with Crippen molar-refractivity contribution in [2.45, 2.75) is 6.42 Å². The third-order valence-corrected chi connectivity index (χ3v) is 5.66. The molecule has 0 saturated carbocycles. The summed E-state index contributed by atoms with van der Waals surface area (Å²) in [4.78, 5) is 43.1. The van der Waals surface area contributed by atoms with Crippen molar-refractivity contribution in [1.29, 1.82) is 0 Å². The van der Waals surface area contributed by atoms with Crippen molar-refractivity contribution >= 4 is 34.2 Å². The van der Waals surface area contributed by atoms with Crippen LogP contribution < -0.4 is 5.32 Å². The Hall–Kier alpha value is -3.50. The van der Waals surface area contributed by atoms with Crippen LogP contribution in [-0.2, 0) is 4.74 Å². The van der Waals surface area contributed by atoms with Crippen molar-refractivity contribution in [3.05, 3.63) is 70.1 Å². The number of imide groups is 1. The summed E-state index contributed by atoms with van der Waals surface area (Å²) in [6.45, 7) is 0.648. The summed E-state index contributed by atoms with van der Waals surface area (Å²) >= 11 is 1.12. The number of ether oxygens (including phenoxy) is 1. The third-order valence-electron chi connectivity index (χ3n) is 4.90. The largest absolute Gasteiger partial charge is 0.385 e.